The van der Waals surface area contributed by atoms with Crippen LogP contribution in [0.1, 0.15) is 21.5 Å². The minimum atomic E-state index is -0.672. The molecule has 2 rings (SSSR count). The first-order valence-corrected chi connectivity index (χ1v) is 6.10. The lowest BCUT2D eigenvalue weighted by Gasteiger charge is -2.07. The van der Waals surface area contributed by atoms with Crippen molar-refractivity contribution in [3.8, 4) is 0 Å². The Morgan fingerprint density at radius 2 is 1.65 bits per heavy atom. The van der Waals surface area contributed by atoms with Gasteiger partial charge in [-0.2, -0.15) is 0 Å². The number of nitrogens with two attached hydrogens (primary N) is 1. The molecule has 5 heteroatoms. The predicted molar refractivity (Wildman–Crippen MR) is 71.9 cm³/mol. The third-order valence-electron chi connectivity index (χ3n) is 2.93. The molecule has 0 bridgehead atoms. The number of primary amides is 1. The van der Waals surface area contributed by atoms with Crippen molar-refractivity contribution in [2.24, 2.45) is 5.73 Å². The third-order valence-corrected chi connectivity index (χ3v) is 2.93. The second kappa shape index (κ2) is 6.25. The van der Waals surface area contributed by atoms with Crippen LogP contribution in [0.4, 0.5) is 8.78 Å². The Kier molecular flexibility index (Phi) is 4.42. The number of rotatable bonds is 5. The number of carbonyl (C=O) groups excluding carboxylic acids is 1. The van der Waals surface area contributed by atoms with Crippen LogP contribution < -0.4 is 11.1 Å². The molecule has 0 aromatic heterocycles. The molecule has 0 aliphatic heterocycles. The van der Waals surface area contributed by atoms with Crippen molar-refractivity contribution in [3.05, 3.63) is 70.8 Å². The maximum Gasteiger partial charge on any atom is 0.248 e. The number of benzene rings is 2. The van der Waals surface area contributed by atoms with E-state index in [1.807, 2.05) is 0 Å². The van der Waals surface area contributed by atoms with E-state index in [9.17, 15) is 13.6 Å². The van der Waals surface area contributed by atoms with E-state index in [0.29, 0.717) is 17.7 Å². The lowest BCUT2D eigenvalue weighted by Crippen LogP contribution is -2.16. The topological polar surface area (TPSA) is 55.1 Å². The molecule has 2 aromatic carbocycles. The van der Waals surface area contributed by atoms with E-state index in [1.165, 1.54) is 18.2 Å². The fourth-order valence-corrected chi connectivity index (χ4v) is 1.82. The number of hydrogen-bond acceptors (Lipinski definition) is 2. The zero-order valence-electron chi connectivity index (χ0n) is 10.7. The molecule has 20 heavy (non-hydrogen) atoms. The summed E-state index contributed by atoms with van der Waals surface area (Å²) >= 11 is 0. The zero-order chi connectivity index (χ0) is 14.5. The summed E-state index contributed by atoms with van der Waals surface area (Å²) in [5, 5.41) is 2.95. The van der Waals surface area contributed by atoms with Crippen molar-refractivity contribution < 1.29 is 13.6 Å². The second-order valence-electron chi connectivity index (χ2n) is 4.37. The van der Waals surface area contributed by atoms with Crippen LogP contribution in [0, 0.1) is 11.6 Å². The van der Waals surface area contributed by atoms with Crippen LogP contribution in [0.15, 0.2) is 42.5 Å². The summed E-state index contributed by atoms with van der Waals surface area (Å²) in [6.45, 7) is 0.531. The van der Waals surface area contributed by atoms with Crippen molar-refractivity contribution in [1.82, 2.24) is 5.32 Å². The van der Waals surface area contributed by atoms with E-state index < -0.39 is 11.7 Å². The molecule has 0 aliphatic carbocycles. The van der Waals surface area contributed by atoms with Gasteiger partial charge in [0, 0.05) is 29.8 Å². The minimum Gasteiger partial charge on any atom is -0.366 e. The van der Waals surface area contributed by atoms with Crippen molar-refractivity contribution >= 4 is 5.91 Å². The standard InChI is InChI=1S/C15H14F2N2O/c16-13-4-2-1-3-11(13)8-19-9-12-6-5-10(15(18)20)7-14(12)17/h1-7,19H,8-9H2,(H2,18,20). The molecule has 104 valence electrons. The van der Waals surface area contributed by atoms with Gasteiger partial charge in [-0.25, -0.2) is 8.78 Å². The van der Waals surface area contributed by atoms with Crippen LogP contribution in [-0.4, -0.2) is 5.91 Å². The third kappa shape index (κ3) is 3.39. The second-order valence-corrected chi connectivity index (χ2v) is 4.37. The van der Waals surface area contributed by atoms with Gasteiger partial charge in [0.2, 0.25) is 5.91 Å². The predicted octanol–water partition coefficient (Wildman–Crippen LogP) is 2.35. The Balaban J connectivity index is 1.98. The molecule has 3 nitrogen and oxygen atoms in total. The molecule has 0 unspecified atom stereocenters. The molecular formula is C15H14F2N2O. The van der Waals surface area contributed by atoms with Crippen LogP contribution in [0.3, 0.4) is 0 Å². The summed E-state index contributed by atoms with van der Waals surface area (Å²) in [7, 11) is 0. The highest BCUT2D eigenvalue weighted by Gasteiger charge is 2.07. The number of amides is 1. The molecule has 0 atom stereocenters. The molecule has 0 saturated carbocycles. The number of carbonyl (C=O) groups is 1. The Morgan fingerprint density at radius 1 is 1.00 bits per heavy atom. The molecule has 0 radical (unpaired) electrons. The lowest BCUT2D eigenvalue weighted by molar-refractivity contribution is 0.1000. The maximum atomic E-state index is 13.7. The average molecular weight is 276 g/mol. The first kappa shape index (κ1) is 14.1. The Morgan fingerprint density at radius 3 is 2.25 bits per heavy atom. The Hall–Kier alpha value is -2.27. The highest BCUT2D eigenvalue weighted by molar-refractivity contribution is 5.92. The zero-order valence-corrected chi connectivity index (χ0v) is 10.7. The van der Waals surface area contributed by atoms with Gasteiger partial charge in [0.1, 0.15) is 11.6 Å². The molecule has 1 amide bonds. The maximum absolute atomic E-state index is 13.7. The largest absolute Gasteiger partial charge is 0.366 e. The van der Waals surface area contributed by atoms with E-state index in [1.54, 1.807) is 18.2 Å². The molecule has 3 N–H and O–H groups in total. The summed E-state index contributed by atoms with van der Waals surface area (Å²) in [6.07, 6.45) is 0. The number of hydrogen-bond donors (Lipinski definition) is 2. The first-order valence-electron chi connectivity index (χ1n) is 6.10. The SMILES string of the molecule is NC(=O)c1ccc(CNCc2ccccc2F)c(F)c1. The monoisotopic (exact) mass is 276 g/mol. The van der Waals surface area contributed by atoms with Crippen LogP contribution in [-0.2, 0) is 13.1 Å². The number of nitrogens with one attached hydrogen (secondary N) is 1. The van der Waals surface area contributed by atoms with Crippen LogP contribution in [0.2, 0.25) is 0 Å². The van der Waals surface area contributed by atoms with Gasteiger partial charge in [-0.15, -0.1) is 0 Å². The summed E-state index contributed by atoms with van der Waals surface area (Å²) in [6, 6.07) is 10.4. The molecule has 0 aliphatic rings. The fraction of sp³-hybridized carbons (Fsp3) is 0.133. The van der Waals surface area contributed by atoms with Crippen LogP contribution >= 0.6 is 0 Å². The minimum absolute atomic E-state index is 0.125. The summed E-state index contributed by atoms with van der Waals surface area (Å²) in [5.74, 6) is -1.48. The van der Waals surface area contributed by atoms with Gasteiger partial charge >= 0.3 is 0 Å². The van der Waals surface area contributed by atoms with E-state index in [2.05, 4.69) is 5.32 Å². The highest BCUT2D eigenvalue weighted by Crippen LogP contribution is 2.11. The normalized spacial score (nSPS) is 10.5. The van der Waals surface area contributed by atoms with Crippen LogP contribution in [0.5, 0.6) is 0 Å². The Labute approximate surface area is 115 Å². The summed E-state index contributed by atoms with van der Waals surface area (Å²) in [5.41, 5.74) is 6.10. The van der Waals surface area contributed by atoms with Gasteiger partial charge < -0.3 is 11.1 Å². The van der Waals surface area contributed by atoms with Gasteiger partial charge in [-0.1, -0.05) is 24.3 Å². The van der Waals surface area contributed by atoms with E-state index >= 15 is 0 Å². The fourth-order valence-electron chi connectivity index (χ4n) is 1.82. The van der Waals surface area contributed by atoms with Crippen molar-refractivity contribution in [2.75, 3.05) is 0 Å². The van der Waals surface area contributed by atoms with Gasteiger partial charge in [-0.3, -0.25) is 4.79 Å². The molecule has 0 heterocycles. The molecule has 0 saturated heterocycles. The smallest absolute Gasteiger partial charge is 0.248 e. The van der Waals surface area contributed by atoms with Gasteiger partial charge in [0.15, 0.2) is 0 Å². The number of halogens is 2. The Bertz CT molecular complexity index is 629. The molecule has 0 spiro atoms. The highest BCUT2D eigenvalue weighted by atomic mass is 19.1. The molecule has 0 fully saturated rings. The van der Waals surface area contributed by atoms with Crippen molar-refractivity contribution in [1.29, 1.82) is 0 Å². The summed E-state index contributed by atoms with van der Waals surface area (Å²) in [4.78, 5) is 10.9. The average Bonchev–Trinajstić information content (AvgIpc) is 2.42. The van der Waals surface area contributed by atoms with E-state index in [4.69, 9.17) is 5.73 Å². The summed E-state index contributed by atoms with van der Waals surface area (Å²) < 4.78 is 27.1. The van der Waals surface area contributed by atoms with E-state index in [0.717, 1.165) is 6.07 Å². The molecular weight excluding hydrogens is 262 g/mol. The van der Waals surface area contributed by atoms with Gasteiger partial charge in [0.25, 0.3) is 0 Å². The first-order chi connectivity index (χ1) is 9.58. The lowest BCUT2D eigenvalue weighted by atomic mass is 10.1. The quantitative estimate of drug-likeness (QED) is 0.880. The molecule has 2 aromatic rings. The van der Waals surface area contributed by atoms with Crippen molar-refractivity contribution in [2.45, 2.75) is 13.1 Å². The van der Waals surface area contributed by atoms with Gasteiger partial charge in [0.05, 0.1) is 0 Å². The van der Waals surface area contributed by atoms with E-state index in [-0.39, 0.29) is 17.9 Å². The van der Waals surface area contributed by atoms with Gasteiger partial charge in [-0.05, 0) is 18.2 Å². The van der Waals surface area contributed by atoms with Crippen LogP contribution in [0.25, 0.3) is 0 Å². The van der Waals surface area contributed by atoms with Crippen molar-refractivity contribution in [3.63, 3.8) is 0 Å².